The van der Waals surface area contributed by atoms with Crippen molar-refractivity contribution in [1.82, 2.24) is 9.97 Å². The number of rotatable bonds is 7. The lowest BCUT2D eigenvalue weighted by Gasteiger charge is -2.14. The molecule has 184 valence electrons. The van der Waals surface area contributed by atoms with Crippen LogP contribution in [0, 0.1) is 11.8 Å². The van der Waals surface area contributed by atoms with Gasteiger partial charge in [-0.3, -0.25) is 14.7 Å². The summed E-state index contributed by atoms with van der Waals surface area (Å²) in [5, 5.41) is 10.7. The van der Waals surface area contributed by atoms with E-state index in [0.29, 0.717) is 46.4 Å². The van der Waals surface area contributed by atoms with Crippen LogP contribution in [-0.2, 0) is 27.6 Å². The van der Waals surface area contributed by atoms with E-state index in [1.54, 1.807) is 42.7 Å². The van der Waals surface area contributed by atoms with Gasteiger partial charge in [-0.15, -0.1) is 0 Å². The van der Waals surface area contributed by atoms with E-state index in [1.807, 2.05) is 38.1 Å². The Bertz CT molecular complexity index is 1570. The summed E-state index contributed by atoms with van der Waals surface area (Å²) < 4.78 is 34.9. The molecule has 0 aliphatic rings. The Morgan fingerprint density at radius 1 is 1.00 bits per heavy atom. The van der Waals surface area contributed by atoms with Gasteiger partial charge in [0.1, 0.15) is 4.90 Å². The molecule has 7 nitrogen and oxygen atoms in total. The minimum Gasteiger partial charge on any atom is -0.363 e. The normalized spacial score (nSPS) is 12.1. The fraction of sp³-hybridized carbons (Fsp3) is 0.214. The number of nitrogens with zero attached hydrogens (tertiary/aromatic N) is 2. The largest absolute Gasteiger partial charge is 0.363 e. The van der Waals surface area contributed by atoms with Gasteiger partial charge in [0.15, 0.2) is 6.29 Å². The number of hydrogen-bond donors (Lipinski definition) is 2. The van der Waals surface area contributed by atoms with Crippen molar-refractivity contribution in [2.45, 2.75) is 37.9 Å². The second-order valence-electron chi connectivity index (χ2n) is 8.09. The lowest BCUT2D eigenvalue weighted by molar-refractivity contribution is -0.0804. The van der Waals surface area contributed by atoms with Crippen molar-refractivity contribution in [3.8, 4) is 11.8 Å². The highest BCUT2D eigenvalue weighted by atomic mass is 32.2. The number of aliphatic hydroxyl groups excluding tert-OH is 1. The van der Waals surface area contributed by atoms with Gasteiger partial charge in [-0.2, -0.15) is 0 Å². The molecule has 2 heterocycles. The molecule has 1 unspecified atom stereocenters. The molecule has 2 N–H and O–H groups in total. The van der Waals surface area contributed by atoms with Crippen molar-refractivity contribution in [2.24, 2.45) is 0 Å². The number of hydrogen-bond acceptors (Lipinski definition) is 6. The third kappa shape index (κ3) is 5.24. The van der Waals surface area contributed by atoms with Gasteiger partial charge in [-0.25, -0.2) is 8.42 Å². The van der Waals surface area contributed by atoms with Crippen LogP contribution in [0.3, 0.4) is 0 Å². The maximum Gasteiger partial charge on any atom is 0.264 e. The van der Waals surface area contributed by atoms with Gasteiger partial charge in [0.2, 0.25) is 0 Å². The van der Waals surface area contributed by atoms with E-state index in [1.165, 1.54) is 7.11 Å². The second kappa shape index (κ2) is 10.9. The zero-order valence-corrected chi connectivity index (χ0v) is 21.1. The van der Waals surface area contributed by atoms with Gasteiger partial charge < -0.3 is 9.84 Å². The number of anilines is 1. The molecule has 0 aliphatic heterocycles. The summed E-state index contributed by atoms with van der Waals surface area (Å²) >= 11 is 0. The van der Waals surface area contributed by atoms with Gasteiger partial charge in [0, 0.05) is 36.0 Å². The number of aromatic nitrogens is 2. The van der Waals surface area contributed by atoms with E-state index in [-0.39, 0.29) is 4.90 Å². The summed E-state index contributed by atoms with van der Waals surface area (Å²) in [6.07, 6.45) is 3.24. The smallest absolute Gasteiger partial charge is 0.264 e. The Morgan fingerprint density at radius 3 is 2.53 bits per heavy atom. The molecule has 0 saturated carbocycles. The number of nitrogens with one attached hydrogen (secondary N) is 1. The highest BCUT2D eigenvalue weighted by Crippen LogP contribution is 2.28. The number of methoxy groups -OCH3 is 1. The molecule has 0 spiro atoms. The molecular weight excluding hydrogens is 474 g/mol. The summed E-state index contributed by atoms with van der Waals surface area (Å²) in [7, 11) is -2.54. The zero-order chi connectivity index (χ0) is 25.7. The van der Waals surface area contributed by atoms with E-state index in [0.717, 1.165) is 10.9 Å². The standard InChI is InChI=1S/C28H27N3O4S/c1-4-20-14-15-23-10-8-16-29-25(23)27(20)36(33,34)31-24-11-7-6-9-22(24)13-12-19-17-21(5-2)26(30-18-19)28(32)35-3/h6-11,14-18,28,31-32H,4-5H2,1-3H3. The number of pyridine rings is 2. The van der Waals surface area contributed by atoms with Crippen LogP contribution < -0.4 is 4.72 Å². The summed E-state index contributed by atoms with van der Waals surface area (Å²) in [4.78, 5) is 8.84. The van der Waals surface area contributed by atoms with E-state index in [4.69, 9.17) is 4.74 Å². The Hall–Kier alpha value is -3.77. The maximum absolute atomic E-state index is 13.6. The minimum absolute atomic E-state index is 0.176. The van der Waals surface area contributed by atoms with Gasteiger partial charge in [-0.1, -0.05) is 56.0 Å². The Labute approximate surface area is 211 Å². The number of para-hydroxylation sites is 1. The number of ether oxygens (including phenoxy) is 1. The average Bonchev–Trinajstić information content (AvgIpc) is 2.90. The van der Waals surface area contributed by atoms with Gasteiger partial charge in [0.05, 0.1) is 16.9 Å². The quantitative estimate of drug-likeness (QED) is 0.284. The number of sulfonamides is 1. The Balaban J connectivity index is 1.71. The first kappa shape index (κ1) is 25.3. The first-order valence-electron chi connectivity index (χ1n) is 11.6. The molecule has 0 saturated heterocycles. The molecule has 4 aromatic rings. The summed E-state index contributed by atoms with van der Waals surface area (Å²) in [6, 6.07) is 16.2. The fourth-order valence-electron chi connectivity index (χ4n) is 3.96. The van der Waals surface area contributed by atoms with Crippen LogP contribution in [0.15, 0.2) is 71.9 Å². The second-order valence-corrected chi connectivity index (χ2v) is 9.71. The van der Waals surface area contributed by atoms with Crippen LogP contribution in [-0.4, -0.2) is 30.6 Å². The van der Waals surface area contributed by atoms with Crippen molar-refractivity contribution in [3.63, 3.8) is 0 Å². The molecule has 0 radical (unpaired) electrons. The molecule has 0 bridgehead atoms. The predicted octanol–water partition coefficient (Wildman–Crippen LogP) is 4.59. The van der Waals surface area contributed by atoms with Crippen molar-refractivity contribution >= 4 is 26.6 Å². The van der Waals surface area contributed by atoms with Crippen molar-refractivity contribution in [2.75, 3.05) is 11.8 Å². The lowest BCUT2D eigenvalue weighted by atomic mass is 10.1. The topological polar surface area (TPSA) is 101 Å². The van der Waals surface area contributed by atoms with Gasteiger partial charge >= 0.3 is 0 Å². The van der Waals surface area contributed by atoms with Crippen LogP contribution in [0.2, 0.25) is 0 Å². The first-order chi connectivity index (χ1) is 17.4. The number of benzene rings is 2. The third-order valence-corrected chi connectivity index (χ3v) is 7.29. The number of aliphatic hydroxyl groups is 1. The van der Waals surface area contributed by atoms with E-state index in [9.17, 15) is 13.5 Å². The highest BCUT2D eigenvalue weighted by molar-refractivity contribution is 7.93. The minimum atomic E-state index is -3.95. The Kier molecular flexibility index (Phi) is 7.65. The maximum atomic E-state index is 13.6. The van der Waals surface area contributed by atoms with Gasteiger partial charge in [-0.05, 0) is 48.2 Å². The first-order valence-corrected chi connectivity index (χ1v) is 13.1. The molecule has 2 aromatic heterocycles. The molecule has 2 aromatic carbocycles. The molecule has 1 atom stereocenters. The summed E-state index contributed by atoms with van der Waals surface area (Å²) in [6.45, 7) is 3.87. The SMILES string of the molecule is CCc1cc(C#Cc2ccccc2NS(=O)(=O)c2c(CC)ccc3cccnc23)cnc1C(O)OC. The van der Waals surface area contributed by atoms with Crippen molar-refractivity contribution in [3.05, 3.63) is 94.9 Å². The van der Waals surface area contributed by atoms with Crippen molar-refractivity contribution in [1.29, 1.82) is 0 Å². The fourth-order valence-corrected chi connectivity index (χ4v) is 5.51. The van der Waals surface area contributed by atoms with E-state index in [2.05, 4.69) is 26.5 Å². The van der Waals surface area contributed by atoms with Crippen LogP contribution >= 0.6 is 0 Å². The predicted molar refractivity (Wildman–Crippen MR) is 140 cm³/mol. The molecule has 8 heteroatoms. The van der Waals surface area contributed by atoms with Crippen LogP contribution in [0.25, 0.3) is 10.9 Å². The van der Waals surface area contributed by atoms with Crippen LogP contribution in [0.4, 0.5) is 5.69 Å². The molecule has 0 fully saturated rings. The average molecular weight is 502 g/mol. The van der Waals surface area contributed by atoms with Crippen LogP contribution in [0.5, 0.6) is 0 Å². The number of aryl methyl sites for hydroxylation is 2. The zero-order valence-electron chi connectivity index (χ0n) is 20.3. The third-order valence-electron chi connectivity index (χ3n) is 5.81. The molecular formula is C28H27N3O4S. The molecule has 0 amide bonds. The molecule has 0 aliphatic carbocycles. The lowest BCUT2D eigenvalue weighted by Crippen LogP contribution is -2.16. The molecule has 4 rings (SSSR count). The molecule has 36 heavy (non-hydrogen) atoms. The van der Waals surface area contributed by atoms with E-state index < -0.39 is 16.3 Å². The highest BCUT2D eigenvalue weighted by Gasteiger charge is 2.23. The number of fused-ring (bicyclic) bond motifs is 1. The van der Waals surface area contributed by atoms with Crippen molar-refractivity contribution < 1.29 is 18.3 Å². The summed E-state index contributed by atoms with van der Waals surface area (Å²) in [5.74, 6) is 6.11. The van der Waals surface area contributed by atoms with Crippen LogP contribution in [0.1, 0.15) is 48.1 Å². The Morgan fingerprint density at radius 2 is 1.78 bits per heavy atom. The van der Waals surface area contributed by atoms with E-state index >= 15 is 0 Å². The monoisotopic (exact) mass is 501 g/mol. The van der Waals surface area contributed by atoms with Gasteiger partial charge in [0.25, 0.3) is 10.0 Å². The summed E-state index contributed by atoms with van der Waals surface area (Å²) in [5.41, 5.74) is 3.93.